The predicted octanol–water partition coefficient (Wildman–Crippen LogP) is 3.55. The summed E-state index contributed by atoms with van der Waals surface area (Å²) < 4.78 is 0. The van der Waals surface area contributed by atoms with Crippen molar-refractivity contribution in [3.05, 3.63) is 54.6 Å². The summed E-state index contributed by atoms with van der Waals surface area (Å²) in [5, 5.41) is 16.8. The monoisotopic (exact) mass is 482 g/mol. The van der Waals surface area contributed by atoms with Gasteiger partial charge in [-0.1, -0.05) is 6.92 Å². The number of aryl methyl sites for hydroxylation is 2. The van der Waals surface area contributed by atoms with Crippen LogP contribution >= 0.6 is 11.3 Å². The maximum atomic E-state index is 13.0. The number of hydrogen-bond donors (Lipinski definition) is 3. The van der Waals surface area contributed by atoms with Crippen molar-refractivity contribution < 1.29 is 4.79 Å². The van der Waals surface area contributed by atoms with Crippen LogP contribution in [0.2, 0.25) is 0 Å². The molecule has 1 unspecified atom stereocenters. The van der Waals surface area contributed by atoms with E-state index in [9.17, 15) is 9.59 Å². The minimum atomic E-state index is -0.154. The number of rotatable bonds is 6. The number of aromatic nitrogens is 1. The summed E-state index contributed by atoms with van der Waals surface area (Å²) in [6.07, 6.45) is 4.90. The molecule has 1 aliphatic rings. The molecule has 1 saturated heterocycles. The zero-order chi connectivity index (χ0) is 24.8. The summed E-state index contributed by atoms with van der Waals surface area (Å²) in [6.45, 7) is 9.88. The van der Waals surface area contributed by atoms with Crippen molar-refractivity contribution in [2.75, 3.05) is 20.1 Å². The molecule has 0 aliphatic carbocycles. The lowest BCUT2D eigenvalue weighted by Gasteiger charge is -2.36. The van der Waals surface area contributed by atoms with E-state index < -0.39 is 0 Å². The van der Waals surface area contributed by atoms with Gasteiger partial charge in [-0.15, -0.1) is 16.3 Å². The third kappa shape index (κ3) is 5.50. The van der Waals surface area contributed by atoms with Crippen molar-refractivity contribution in [1.82, 2.24) is 20.5 Å². The lowest BCUT2D eigenvalue weighted by Crippen LogP contribution is -2.45. The van der Waals surface area contributed by atoms with Crippen molar-refractivity contribution in [1.29, 1.82) is 5.26 Å². The topological polar surface area (TPSA) is 113 Å². The molecule has 3 heterocycles. The number of H-pyrrole nitrogens is 1. The van der Waals surface area contributed by atoms with E-state index in [4.69, 9.17) is 5.26 Å². The lowest BCUT2D eigenvalue weighted by atomic mass is 9.80. The minimum absolute atomic E-state index is 0.143. The molecular weight excluding hydrogens is 448 g/mol. The Morgan fingerprint density at radius 1 is 1.35 bits per heavy atom. The third-order valence-electron chi connectivity index (χ3n) is 6.81. The Morgan fingerprint density at radius 2 is 2.06 bits per heavy atom. The number of guanidine groups is 1. The average molecular weight is 483 g/mol. The SMILES string of the molecule is CCC(c1scc(C(=O)NCc2c(C)cc(C)[nH]c2=O)c1C)C1CCN(C(=NC#N)NC)CC1. The van der Waals surface area contributed by atoms with Crippen molar-refractivity contribution in [3.63, 3.8) is 0 Å². The van der Waals surface area contributed by atoms with Gasteiger partial charge in [0.1, 0.15) is 0 Å². The normalized spacial score (nSPS) is 15.6. The number of carbonyl (C=O) groups excluding carboxylic acids is 1. The second-order valence-electron chi connectivity index (χ2n) is 8.89. The molecule has 9 heteroatoms. The number of nitrogens with one attached hydrogen (secondary N) is 3. The third-order valence-corrected chi connectivity index (χ3v) is 8.02. The van der Waals surface area contributed by atoms with Gasteiger partial charge in [0.25, 0.3) is 11.5 Å². The van der Waals surface area contributed by atoms with Gasteiger partial charge in [0.05, 0.1) is 5.56 Å². The largest absolute Gasteiger partial charge is 0.358 e. The molecule has 2 aromatic rings. The molecule has 34 heavy (non-hydrogen) atoms. The molecule has 1 amide bonds. The van der Waals surface area contributed by atoms with Crippen molar-refractivity contribution >= 4 is 23.2 Å². The predicted molar refractivity (Wildman–Crippen MR) is 136 cm³/mol. The Bertz CT molecular complexity index is 1150. The molecule has 3 rings (SSSR count). The number of nitrogens with zero attached hydrogens (tertiary/aromatic N) is 3. The van der Waals surface area contributed by atoms with Crippen LogP contribution in [-0.2, 0) is 6.54 Å². The van der Waals surface area contributed by atoms with Gasteiger partial charge in [0.2, 0.25) is 12.2 Å². The number of likely N-dealkylation sites (tertiary alicyclic amines) is 1. The molecule has 0 radical (unpaired) electrons. The highest BCUT2D eigenvalue weighted by Crippen LogP contribution is 2.40. The summed E-state index contributed by atoms with van der Waals surface area (Å²) in [5.74, 6) is 1.39. The summed E-state index contributed by atoms with van der Waals surface area (Å²) in [5.41, 5.74) is 3.85. The van der Waals surface area contributed by atoms with Crippen LogP contribution in [0.15, 0.2) is 21.2 Å². The van der Waals surface area contributed by atoms with E-state index in [0.29, 0.717) is 28.9 Å². The number of nitriles is 1. The number of piperidine rings is 1. The maximum absolute atomic E-state index is 13.0. The molecule has 0 bridgehead atoms. The van der Waals surface area contributed by atoms with E-state index in [-0.39, 0.29) is 18.0 Å². The smallest absolute Gasteiger partial charge is 0.253 e. The minimum Gasteiger partial charge on any atom is -0.358 e. The molecule has 1 atom stereocenters. The molecule has 0 spiro atoms. The zero-order valence-corrected chi connectivity index (χ0v) is 21.4. The molecular formula is C25H34N6O2S. The van der Waals surface area contributed by atoms with Crippen LogP contribution in [0.3, 0.4) is 0 Å². The highest BCUT2D eigenvalue weighted by molar-refractivity contribution is 7.10. The van der Waals surface area contributed by atoms with Gasteiger partial charge in [-0.25, -0.2) is 0 Å². The first-order valence-corrected chi connectivity index (χ1v) is 12.6. The Labute approximate surface area is 205 Å². The van der Waals surface area contributed by atoms with Gasteiger partial charge in [-0.2, -0.15) is 5.26 Å². The van der Waals surface area contributed by atoms with Crippen molar-refractivity contribution in [3.8, 4) is 6.19 Å². The second-order valence-corrected chi connectivity index (χ2v) is 9.80. The molecule has 2 aromatic heterocycles. The Balaban J connectivity index is 1.69. The van der Waals surface area contributed by atoms with Gasteiger partial charge in [-0.3, -0.25) is 9.59 Å². The number of carbonyl (C=O) groups is 1. The highest BCUT2D eigenvalue weighted by Gasteiger charge is 2.30. The van der Waals surface area contributed by atoms with Crippen molar-refractivity contribution in [2.24, 2.45) is 10.9 Å². The van der Waals surface area contributed by atoms with E-state index in [1.54, 1.807) is 18.4 Å². The lowest BCUT2D eigenvalue weighted by molar-refractivity contribution is 0.0950. The highest BCUT2D eigenvalue weighted by atomic mass is 32.1. The van der Waals surface area contributed by atoms with Gasteiger partial charge in [-0.05, 0) is 69.1 Å². The molecule has 3 N–H and O–H groups in total. The molecule has 0 aromatic carbocycles. The van der Waals surface area contributed by atoms with E-state index in [1.807, 2.05) is 38.4 Å². The van der Waals surface area contributed by atoms with E-state index in [2.05, 4.69) is 32.4 Å². The molecule has 182 valence electrons. The van der Waals surface area contributed by atoms with Crippen LogP contribution in [0.25, 0.3) is 0 Å². The Hall–Kier alpha value is -3.12. The van der Waals surface area contributed by atoms with Crippen LogP contribution in [0.4, 0.5) is 0 Å². The first kappa shape index (κ1) is 25.5. The van der Waals surface area contributed by atoms with Gasteiger partial charge in [0.15, 0.2) is 0 Å². The molecule has 1 aliphatic heterocycles. The van der Waals surface area contributed by atoms with Crippen LogP contribution in [0.5, 0.6) is 0 Å². The molecule has 0 saturated carbocycles. The van der Waals surface area contributed by atoms with Gasteiger partial charge >= 0.3 is 0 Å². The van der Waals surface area contributed by atoms with E-state index >= 15 is 0 Å². The first-order chi connectivity index (χ1) is 16.3. The maximum Gasteiger partial charge on any atom is 0.253 e. The fourth-order valence-electron chi connectivity index (χ4n) is 4.96. The summed E-state index contributed by atoms with van der Waals surface area (Å²) >= 11 is 1.66. The number of hydrogen-bond acceptors (Lipinski definition) is 5. The number of amides is 1. The fourth-order valence-corrected chi connectivity index (χ4v) is 6.31. The number of pyridine rings is 1. The van der Waals surface area contributed by atoms with Crippen LogP contribution in [0, 0.1) is 38.1 Å². The van der Waals surface area contributed by atoms with E-state index in [0.717, 1.165) is 49.2 Å². The van der Waals surface area contributed by atoms with Crippen LogP contribution in [0.1, 0.15) is 69.7 Å². The average Bonchev–Trinajstić information content (AvgIpc) is 3.19. The standard InChI is InChI=1S/C25H34N6O2S/c1-6-19(18-7-9-31(10-8-18)25(27-5)29-14-26)22-17(4)21(13-34-22)23(32)28-12-20-15(2)11-16(3)30-24(20)33/h11,13,18-19H,6-10,12H2,1-5H3,(H,27,29)(H,28,32)(H,30,33). The van der Waals surface area contributed by atoms with Gasteiger partial charge in [0, 0.05) is 48.2 Å². The van der Waals surface area contributed by atoms with Crippen LogP contribution in [-0.4, -0.2) is 41.9 Å². The first-order valence-electron chi connectivity index (χ1n) is 11.8. The zero-order valence-electron chi connectivity index (χ0n) is 20.6. The Morgan fingerprint density at radius 3 is 2.65 bits per heavy atom. The van der Waals surface area contributed by atoms with E-state index in [1.165, 1.54) is 4.88 Å². The fraction of sp³-hybridized carbons (Fsp3) is 0.520. The number of aliphatic imine (C=N–C) groups is 1. The number of aromatic amines is 1. The van der Waals surface area contributed by atoms with Gasteiger partial charge < -0.3 is 20.5 Å². The summed E-state index contributed by atoms with van der Waals surface area (Å²) in [4.78, 5) is 35.3. The summed E-state index contributed by atoms with van der Waals surface area (Å²) in [7, 11) is 1.79. The molecule has 8 nitrogen and oxygen atoms in total. The van der Waals surface area contributed by atoms with Crippen LogP contribution < -0.4 is 16.2 Å². The Kier molecular flexibility index (Phi) is 8.51. The second kappa shape index (κ2) is 11.3. The number of thiophene rings is 1. The quantitative estimate of drug-likeness (QED) is 0.331. The molecule has 1 fully saturated rings. The van der Waals surface area contributed by atoms with Crippen molar-refractivity contribution in [2.45, 2.75) is 59.4 Å². The summed E-state index contributed by atoms with van der Waals surface area (Å²) in [6, 6.07) is 1.92.